The van der Waals surface area contributed by atoms with Crippen molar-refractivity contribution >= 4 is 23.1 Å². The molecule has 0 saturated carbocycles. The lowest BCUT2D eigenvalue weighted by Crippen LogP contribution is -2.47. The first kappa shape index (κ1) is 20.2. The third-order valence-electron chi connectivity index (χ3n) is 3.94. The van der Waals surface area contributed by atoms with Gasteiger partial charge in [-0.05, 0) is 30.3 Å². The predicted molar refractivity (Wildman–Crippen MR) is 94.5 cm³/mol. The summed E-state index contributed by atoms with van der Waals surface area (Å²) >= 11 is 5.81. The van der Waals surface area contributed by atoms with Crippen molar-refractivity contribution in [2.24, 2.45) is 5.73 Å². The van der Waals surface area contributed by atoms with E-state index < -0.39 is 35.2 Å². The highest BCUT2D eigenvalue weighted by molar-refractivity contribution is 6.30. The minimum atomic E-state index is -4.68. The Kier molecular flexibility index (Phi) is 6.28. The highest BCUT2D eigenvalue weighted by atomic mass is 35.5. The van der Waals surface area contributed by atoms with Crippen molar-refractivity contribution in [1.82, 2.24) is 0 Å². The summed E-state index contributed by atoms with van der Waals surface area (Å²) in [6.45, 7) is -0.0390. The zero-order chi connectivity index (χ0) is 19.5. The number of nitrogens with two attached hydrogens (primary N) is 1. The summed E-state index contributed by atoms with van der Waals surface area (Å²) in [5.41, 5.74) is 4.83. The van der Waals surface area contributed by atoms with Crippen molar-refractivity contribution in [2.75, 3.05) is 18.5 Å². The number of aliphatic hydroxyl groups excluding tert-OH is 1. The molecule has 2 aromatic carbocycles. The maximum atomic E-state index is 13.1. The molecule has 0 saturated heterocycles. The van der Waals surface area contributed by atoms with Crippen molar-refractivity contribution in [3.63, 3.8) is 0 Å². The Bertz CT molecular complexity index is 766. The van der Waals surface area contributed by atoms with Crippen molar-refractivity contribution in [2.45, 2.75) is 18.3 Å². The van der Waals surface area contributed by atoms with Crippen molar-refractivity contribution in [3.05, 3.63) is 64.7 Å². The lowest BCUT2D eigenvalue weighted by atomic mass is 9.95. The molecule has 4 nitrogen and oxygen atoms in total. The molecular weight excluding hydrogens is 369 g/mol. The third-order valence-corrected chi connectivity index (χ3v) is 4.20. The van der Waals surface area contributed by atoms with Gasteiger partial charge < -0.3 is 15.7 Å². The molecule has 0 aliphatic carbocycles. The molecule has 3 N–H and O–H groups in total. The van der Waals surface area contributed by atoms with E-state index in [0.717, 1.165) is 12.1 Å². The molecule has 0 amide bonds. The SMILES string of the molecule is CN(CC(O)C(N)C(=O)c1ccccc1C(F)(F)F)c1ccc(Cl)cc1. The Morgan fingerprint density at radius 2 is 1.77 bits per heavy atom. The molecule has 8 heteroatoms. The van der Waals surface area contributed by atoms with Gasteiger partial charge in [0.2, 0.25) is 0 Å². The van der Waals surface area contributed by atoms with E-state index in [1.165, 1.54) is 12.1 Å². The van der Waals surface area contributed by atoms with Gasteiger partial charge >= 0.3 is 6.18 Å². The number of ketones is 1. The van der Waals surface area contributed by atoms with E-state index in [1.807, 2.05) is 0 Å². The van der Waals surface area contributed by atoms with E-state index in [2.05, 4.69) is 0 Å². The number of carbonyl (C=O) groups is 1. The van der Waals surface area contributed by atoms with Crippen LogP contribution >= 0.6 is 11.6 Å². The molecule has 140 valence electrons. The maximum absolute atomic E-state index is 13.1. The highest BCUT2D eigenvalue weighted by Gasteiger charge is 2.37. The second kappa shape index (κ2) is 8.07. The number of carbonyl (C=O) groups excluding carboxylic acids is 1. The Morgan fingerprint density at radius 1 is 1.19 bits per heavy atom. The summed E-state index contributed by atoms with van der Waals surface area (Å²) in [4.78, 5) is 14.0. The number of alkyl halides is 3. The first-order valence-electron chi connectivity index (χ1n) is 7.72. The van der Waals surface area contributed by atoms with E-state index in [0.29, 0.717) is 10.7 Å². The van der Waals surface area contributed by atoms with Crippen LogP contribution in [0.15, 0.2) is 48.5 Å². The van der Waals surface area contributed by atoms with E-state index in [-0.39, 0.29) is 6.54 Å². The number of Topliss-reactive ketones (excluding diaryl/α,β-unsaturated/α-hetero) is 1. The minimum Gasteiger partial charge on any atom is -0.389 e. The first-order valence-corrected chi connectivity index (χ1v) is 8.10. The number of hydrogen-bond donors (Lipinski definition) is 2. The van der Waals surface area contributed by atoms with Gasteiger partial charge in [-0.15, -0.1) is 0 Å². The molecule has 2 rings (SSSR count). The smallest absolute Gasteiger partial charge is 0.389 e. The number of hydrogen-bond acceptors (Lipinski definition) is 4. The summed E-state index contributed by atoms with van der Waals surface area (Å²) in [5.74, 6) is -0.963. The molecule has 0 aromatic heterocycles. The number of benzene rings is 2. The van der Waals surface area contributed by atoms with E-state index in [1.54, 1.807) is 36.2 Å². The highest BCUT2D eigenvalue weighted by Crippen LogP contribution is 2.32. The Morgan fingerprint density at radius 3 is 2.35 bits per heavy atom. The summed E-state index contributed by atoms with van der Waals surface area (Å²) in [7, 11) is 1.66. The normalized spacial score (nSPS) is 14.0. The Hall–Kier alpha value is -2.09. The van der Waals surface area contributed by atoms with Crippen LogP contribution < -0.4 is 10.6 Å². The average molecular weight is 387 g/mol. The van der Waals surface area contributed by atoms with Gasteiger partial charge in [0, 0.05) is 29.9 Å². The maximum Gasteiger partial charge on any atom is 0.417 e. The number of likely N-dealkylation sites (N-methyl/N-ethyl adjacent to an activating group) is 1. The van der Waals surface area contributed by atoms with Gasteiger partial charge in [0.25, 0.3) is 0 Å². The van der Waals surface area contributed by atoms with Crippen molar-refractivity contribution in [1.29, 1.82) is 0 Å². The number of rotatable bonds is 6. The zero-order valence-corrected chi connectivity index (χ0v) is 14.6. The monoisotopic (exact) mass is 386 g/mol. The molecule has 0 aliphatic rings. The fourth-order valence-corrected chi connectivity index (χ4v) is 2.62. The van der Waals surface area contributed by atoms with Crippen LogP contribution in [0.1, 0.15) is 15.9 Å². The standard InChI is InChI=1S/C18H18ClF3N2O2/c1-24(12-8-6-11(19)7-9-12)10-15(25)16(23)17(26)13-4-2-3-5-14(13)18(20,21)22/h2-9,15-16,25H,10,23H2,1H3. The zero-order valence-electron chi connectivity index (χ0n) is 13.9. The number of anilines is 1. The molecule has 0 spiro atoms. The van der Waals surface area contributed by atoms with Crippen LogP contribution in [0.25, 0.3) is 0 Å². The Labute approximate surface area is 154 Å². The average Bonchev–Trinajstić information content (AvgIpc) is 2.60. The van der Waals surface area contributed by atoms with Gasteiger partial charge in [-0.25, -0.2) is 0 Å². The van der Waals surface area contributed by atoms with Crippen LogP contribution in [0, 0.1) is 0 Å². The molecule has 0 heterocycles. The van der Waals surface area contributed by atoms with Gasteiger partial charge in [-0.1, -0.05) is 29.8 Å². The number of nitrogens with zero attached hydrogens (tertiary/aromatic N) is 1. The molecule has 2 aromatic rings. The van der Waals surface area contributed by atoms with Crippen LogP contribution in [0.5, 0.6) is 0 Å². The molecule has 0 aliphatic heterocycles. The molecule has 0 radical (unpaired) electrons. The van der Waals surface area contributed by atoms with Crippen LogP contribution in [0.4, 0.5) is 18.9 Å². The quantitative estimate of drug-likeness (QED) is 0.747. The molecular formula is C18H18ClF3N2O2. The molecule has 26 heavy (non-hydrogen) atoms. The third kappa shape index (κ3) is 4.75. The minimum absolute atomic E-state index is 0.0390. The number of aliphatic hydroxyl groups is 1. The summed E-state index contributed by atoms with van der Waals surface area (Å²) in [5, 5.41) is 10.8. The molecule has 0 bridgehead atoms. The van der Waals surface area contributed by atoms with E-state index in [9.17, 15) is 23.1 Å². The largest absolute Gasteiger partial charge is 0.417 e. The number of halogens is 4. The van der Waals surface area contributed by atoms with Gasteiger partial charge in [0.15, 0.2) is 5.78 Å². The van der Waals surface area contributed by atoms with Crippen LogP contribution in [0.2, 0.25) is 5.02 Å². The summed E-state index contributed by atoms with van der Waals surface area (Å²) < 4.78 is 39.2. The van der Waals surface area contributed by atoms with E-state index >= 15 is 0 Å². The Balaban J connectivity index is 2.14. The fourth-order valence-electron chi connectivity index (χ4n) is 2.49. The van der Waals surface area contributed by atoms with Crippen molar-refractivity contribution < 1.29 is 23.1 Å². The van der Waals surface area contributed by atoms with Crippen LogP contribution in [0.3, 0.4) is 0 Å². The lowest BCUT2D eigenvalue weighted by Gasteiger charge is -2.26. The van der Waals surface area contributed by atoms with Gasteiger partial charge in [0.1, 0.15) is 0 Å². The predicted octanol–water partition coefficient (Wildman–Crippen LogP) is 3.37. The molecule has 2 unspecified atom stereocenters. The first-order chi connectivity index (χ1) is 12.1. The van der Waals surface area contributed by atoms with Gasteiger partial charge in [-0.2, -0.15) is 13.2 Å². The fraction of sp³-hybridized carbons (Fsp3) is 0.278. The molecule has 0 fully saturated rings. The second-order valence-electron chi connectivity index (χ2n) is 5.86. The lowest BCUT2D eigenvalue weighted by molar-refractivity contribution is -0.137. The topological polar surface area (TPSA) is 66.6 Å². The van der Waals surface area contributed by atoms with Crippen LogP contribution in [-0.4, -0.2) is 36.6 Å². The van der Waals surface area contributed by atoms with Gasteiger partial charge in [0.05, 0.1) is 17.7 Å². The van der Waals surface area contributed by atoms with Crippen molar-refractivity contribution in [3.8, 4) is 0 Å². The molecule has 2 atom stereocenters. The summed E-state index contributed by atoms with van der Waals surface area (Å²) in [6, 6.07) is 9.62. The van der Waals surface area contributed by atoms with E-state index in [4.69, 9.17) is 17.3 Å². The second-order valence-corrected chi connectivity index (χ2v) is 6.29. The van der Waals surface area contributed by atoms with Crippen LogP contribution in [-0.2, 0) is 6.18 Å². The summed E-state index contributed by atoms with van der Waals surface area (Å²) in [6.07, 6.45) is -6.04. The van der Waals surface area contributed by atoms with Gasteiger partial charge in [-0.3, -0.25) is 4.79 Å².